The molecule has 2 aromatic rings. The van der Waals surface area contributed by atoms with E-state index in [-0.39, 0.29) is 18.6 Å². The number of hydrogen-bond acceptors (Lipinski definition) is 2. The van der Waals surface area contributed by atoms with Gasteiger partial charge in [-0.2, -0.15) is 0 Å². The fourth-order valence-corrected chi connectivity index (χ4v) is 2.67. The van der Waals surface area contributed by atoms with Crippen molar-refractivity contribution in [3.63, 3.8) is 0 Å². The van der Waals surface area contributed by atoms with Crippen molar-refractivity contribution in [1.82, 2.24) is 5.32 Å². The largest absolute Gasteiger partial charge is 0.483 e. The van der Waals surface area contributed by atoms with Crippen molar-refractivity contribution in [1.29, 1.82) is 0 Å². The second-order valence-corrected chi connectivity index (χ2v) is 5.96. The lowest BCUT2D eigenvalue weighted by Crippen LogP contribution is -2.31. The van der Waals surface area contributed by atoms with Crippen molar-refractivity contribution in [2.75, 3.05) is 6.61 Å². The Morgan fingerprint density at radius 2 is 1.95 bits per heavy atom. The van der Waals surface area contributed by atoms with Gasteiger partial charge in [0.05, 0.1) is 10.5 Å². The highest BCUT2D eigenvalue weighted by Crippen LogP contribution is 2.26. The minimum absolute atomic E-state index is 0.00124. The number of nitrogens with one attached hydrogen (secondary N) is 1. The minimum Gasteiger partial charge on any atom is -0.483 e. The maximum absolute atomic E-state index is 12.0. The lowest BCUT2D eigenvalue weighted by atomic mass is 10.1. The fraction of sp³-hybridized carbons (Fsp3) is 0.278. The van der Waals surface area contributed by atoms with Gasteiger partial charge in [0.2, 0.25) is 0 Å². The van der Waals surface area contributed by atoms with Crippen molar-refractivity contribution in [3.8, 4) is 5.75 Å². The summed E-state index contributed by atoms with van der Waals surface area (Å²) in [6.45, 7) is 4.06. The smallest absolute Gasteiger partial charge is 0.258 e. The van der Waals surface area contributed by atoms with E-state index in [2.05, 4.69) is 28.2 Å². The molecule has 1 atom stereocenters. The van der Waals surface area contributed by atoms with Gasteiger partial charge in [0, 0.05) is 0 Å². The molecular formula is C18H20BrNO2. The van der Waals surface area contributed by atoms with E-state index in [9.17, 15) is 4.79 Å². The summed E-state index contributed by atoms with van der Waals surface area (Å²) >= 11 is 3.47. The Morgan fingerprint density at radius 1 is 1.23 bits per heavy atom. The predicted molar refractivity (Wildman–Crippen MR) is 92.0 cm³/mol. The van der Waals surface area contributed by atoms with Gasteiger partial charge in [-0.3, -0.25) is 4.79 Å². The summed E-state index contributed by atoms with van der Waals surface area (Å²) in [5.41, 5.74) is 2.30. The van der Waals surface area contributed by atoms with Crippen LogP contribution in [-0.4, -0.2) is 12.5 Å². The molecule has 0 fully saturated rings. The van der Waals surface area contributed by atoms with E-state index in [4.69, 9.17) is 4.74 Å². The first kappa shape index (κ1) is 16.6. The van der Waals surface area contributed by atoms with Gasteiger partial charge in [0.15, 0.2) is 6.61 Å². The van der Waals surface area contributed by atoms with E-state index in [0.29, 0.717) is 5.75 Å². The molecule has 0 spiro atoms. The van der Waals surface area contributed by atoms with Gasteiger partial charge in [-0.25, -0.2) is 0 Å². The number of rotatable bonds is 6. The number of carbonyl (C=O) groups excluding carboxylic acids is 1. The first-order valence-corrected chi connectivity index (χ1v) is 8.15. The van der Waals surface area contributed by atoms with Gasteiger partial charge in [0.25, 0.3) is 5.91 Å². The summed E-state index contributed by atoms with van der Waals surface area (Å²) in [5, 5.41) is 2.93. The first-order valence-electron chi connectivity index (χ1n) is 7.35. The Balaban J connectivity index is 1.88. The molecule has 1 N–H and O–H groups in total. The van der Waals surface area contributed by atoms with Crippen LogP contribution in [-0.2, 0) is 11.2 Å². The third kappa shape index (κ3) is 4.60. The number of benzene rings is 2. The second kappa shape index (κ2) is 7.99. The van der Waals surface area contributed by atoms with Gasteiger partial charge >= 0.3 is 0 Å². The van der Waals surface area contributed by atoms with Crippen LogP contribution in [0.25, 0.3) is 0 Å². The van der Waals surface area contributed by atoms with Gasteiger partial charge < -0.3 is 10.1 Å². The van der Waals surface area contributed by atoms with Crippen molar-refractivity contribution in [2.24, 2.45) is 0 Å². The maximum Gasteiger partial charge on any atom is 0.258 e. The molecule has 0 heterocycles. The highest BCUT2D eigenvalue weighted by molar-refractivity contribution is 9.10. The molecule has 0 bridgehead atoms. The number of amides is 1. The fourth-order valence-electron chi connectivity index (χ4n) is 2.13. The summed E-state index contributed by atoms with van der Waals surface area (Å²) in [5.74, 6) is 0.544. The zero-order valence-corrected chi connectivity index (χ0v) is 14.4. The molecule has 2 rings (SSSR count). The normalized spacial score (nSPS) is 11.8. The molecule has 1 amide bonds. The molecule has 0 aliphatic rings. The Bertz CT molecular complexity index is 628. The number of aryl methyl sites for hydroxylation is 1. The highest BCUT2D eigenvalue weighted by Gasteiger charge is 2.10. The van der Waals surface area contributed by atoms with Gasteiger partial charge in [-0.05, 0) is 52.5 Å². The number of ether oxygens (including phenoxy) is 1. The molecule has 0 radical (unpaired) electrons. The molecular weight excluding hydrogens is 342 g/mol. The monoisotopic (exact) mass is 361 g/mol. The third-order valence-corrected chi connectivity index (χ3v) is 4.06. The van der Waals surface area contributed by atoms with Crippen LogP contribution in [0, 0.1) is 0 Å². The van der Waals surface area contributed by atoms with E-state index in [1.165, 1.54) is 5.56 Å². The van der Waals surface area contributed by atoms with E-state index in [1.807, 2.05) is 55.5 Å². The Kier molecular flexibility index (Phi) is 6.01. The van der Waals surface area contributed by atoms with Crippen LogP contribution in [0.4, 0.5) is 0 Å². The molecule has 22 heavy (non-hydrogen) atoms. The van der Waals surface area contributed by atoms with Crippen molar-refractivity contribution < 1.29 is 9.53 Å². The Labute approximate surface area is 139 Å². The van der Waals surface area contributed by atoms with Gasteiger partial charge in [-0.15, -0.1) is 0 Å². The predicted octanol–water partition coefficient (Wildman–Crippen LogP) is 4.27. The summed E-state index contributed by atoms with van der Waals surface area (Å²) in [6.07, 6.45) is 0.966. The molecule has 0 aliphatic heterocycles. The van der Waals surface area contributed by atoms with Crippen molar-refractivity contribution >= 4 is 21.8 Å². The minimum atomic E-state index is -0.136. The maximum atomic E-state index is 12.0. The third-order valence-electron chi connectivity index (χ3n) is 3.44. The molecule has 0 saturated heterocycles. The Morgan fingerprint density at radius 3 is 2.59 bits per heavy atom. The Hall–Kier alpha value is -1.81. The SMILES string of the molecule is CCc1ccc(OCC(=O)N[C@H](C)c2ccccc2)c(Br)c1. The molecule has 2 aromatic carbocycles. The molecule has 0 unspecified atom stereocenters. The standard InChI is InChI=1S/C18H20BrNO2/c1-3-14-9-10-17(16(19)11-14)22-12-18(21)20-13(2)15-7-5-4-6-8-15/h4-11,13H,3,12H2,1-2H3,(H,20,21)/t13-/m1/s1. The van der Waals surface area contributed by atoms with Gasteiger partial charge in [-0.1, -0.05) is 43.3 Å². The van der Waals surface area contributed by atoms with E-state index < -0.39 is 0 Å². The number of halogens is 1. The summed E-state index contributed by atoms with van der Waals surface area (Å²) in [6, 6.07) is 15.7. The number of hydrogen-bond donors (Lipinski definition) is 1. The zero-order valence-electron chi connectivity index (χ0n) is 12.8. The quantitative estimate of drug-likeness (QED) is 0.834. The average molecular weight is 362 g/mol. The van der Waals surface area contributed by atoms with Crippen molar-refractivity contribution in [3.05, 3.63) is 64.1 Å². The topological polar surface area (TPSA) is 38.3 Å². The van der Waals surface area contributed by atoms with Crippen LogP contribution in [0.5, 0.6) is 5.75 Å². The van der Waals surface area contributed by atoms with E-state index in [0.717, 1.165) is 16.5 Å². The van der Waals surface area contributed by atoms with Gasteiger partial charge in [0.1, 0.15) is 5.75 Å². The summed E-state index contributed by atoms with van der Waals surface area (Å²) in [7, 11) is 0. The highest BCUT2D eigenvalue weighted by atomic mass is 79.9. The van der Waals surface area contributed by atoms with Crippen LogP contribution in [0.3, 0.4) is 0 Å². The van der Waals surface area contributed by atoms with Crippen LogP contribution in [0.15, 0.2) is 53.0 Å². The van der Waals surface area contributed by atoms with Crippen LogP contribution in [0.2, 0.25) is 0 Å². The first-order chi connectivity index (χ1) is 10.6. The summed E-state index contributed by atoms with van der Waals surface area (Å²) in [4.78, 5) is 12.0. The average Bonchev–Trinajstić information content (AvgIpc) is 2.54. The lowest BCUT2D eigenvalue weighted by Gasteiger charge is -2.15. The molecule has 0 saturated carbocycles. The van der Waals surface area contributed by atoms with Crippen LogP contribution < -0.4 is 10.1 Å². The molecule has 0 aromatic heterocycles. The van der Waals surface area contributed by atoms with Crippen LogP contribution >= 0.6 is 15.9 Å². The van der Waals surface area contributed by atoms with Crippen molar-refractivity contribution in [2.45, 2.75) is 26.3 Å². The zero-order chi connectivity index (χ0) is 15.9. The van der Waals surface area contributed by atoms with Crippen LogP contribution in [0.1, 0.15) is 31.0 Å². The molecule has 0 aliphatic carbocycles. The molecule has 3 nitrogen and oxygen atoms in total. The summed E-state index contributed by atoms with van der Waals surface area (Å²) < 4.78 is 6.45. The molecule has 116 valence electrons. The molecule has 4 heteroatoms. The second-order valence-electron chi connectivity index (χ2n) is 5.11. The lowest BCUT2D eigenvalue weighted by molar-refractivity contribution is -0.123. The van der Waals surface area contributed by atoms with E-state index >= 15 is 0 Å². The van der Waals surface area contributed by atoms with E-state index in [1.54, 1.807) is 0 Å². The number of carbonyl (C=O) groups is 1.